The molecule has 1 atom stereocenters. The third-order valence-electron chi connectivity index (χ3n) is 6.31. The van der Waals surface area contributed by atoms with E-state index in [0.29, 0.717) is 51.5 Å². The average molecular weight is 572 g/mol. The Morgan fingerprint density at radius 1 is 1.28 bits per heavy atom. The molecule has 0 aliphatic carbocycles. The van der Waals surface area contributed by atoms with Crippen molar-refractivity contribution in [2.45, 2.75) is 25.8 Å². The molecular formula is C25H25Cl2N8O4-. The molecular weight excluding hydrogens is 547 g/mol. The maximum absolute atomic E-state index is 12.5. The van der Waals surface area contributed by atoms with Gasteiger partial charge in [0.15, 0.2) is 17.3 Å². The lowest BCUT2D eigenvalue weighted by Crippen LogP contribution is -2.43. The Bertz CT molecular complexity index is 1530. The van der Waals surface area contributed by atoms with E-state index >= 15 is 0 Å². The number of piperidine rings is 1. The molecule has 0 spiro atoms. The van der Waals surface area contributed by atoms with Crippen LogP contribution in [0.5, 0.6) is 0 Å². The second kappa shape index (κ2) is 11.1. The van der Waals surface area contributed by atoms with Gasteiger partial charge in [0.05, 0.1) is 29.2 Å². The van der Waals surface area contributed by atoms with Gasteiger partial charge in [-0.2, -0.15) is 5.10 Å². The van der Waals surface area contributed by atoms with E-state index in [-0.39, 0.29) is 35.1 Å². The Labute approximate surface area is 233 Å². The summed E-state index contributed by atoms with van der Waals surface area (Å²) in [6.45, 7) is 3.23. The maximum atomic E-state index is 12.5. The van der Waals surface area contributed by atoms with Gasteiger partial charge < -0.3 is 31.1 Å². The zero-order valence-corrected chi connectivity index (χ0v) is 22.4. The molecule has 1 aliphatic rings. The predicted octanol–water partition coefficient (Wildman–Crippen LogP) is 4.63. The molecule has 0 radical (unpaired) electrons. The Hall–Kier alpha value is -3.84. The monoisotopic (exact) mass is 571 g/mol. The summed E-state index contributed by atoms with van der Waals surface area (Å²) in [6.07, 6.45) is 3.40. The van der Waals surface area contributed by atoms with Crippen molar-refractivity contribution in [3.63, 3.8) is 0 Å². The SMILES string of the molecule is CCOC(=O)c1cc2c(N3CCCC(Nc4ccc(N([O-])O)c(N)n4)C3)nc(-c3ccc(Cl)cc3Cl)cn2n1. The number of aromatic nitrogens is 4. The molecule has 0 bridgehead atoms. The van der Waals surface area contributed by atoms with Crippen molar-refractivity contribution in [3.8, 4) is 11.3 Å². The number of fused-ring (bicyclic) bond motifs is 1. The van der Waals surface area contributed by atoms with Gasteiger partial charge >= 0.3 is 5.97 Å². The molecule has 1 aromatic carbocycles. The zero-order valence-electron chi connectivity index (χ0n) is 20.8. The number of ether oxygens (including phenoxy) is 1. The molecule has 0 saturated carbocycles. The van der Waals surface area contributed by atoms with Crippen LogP contribution in [0.1, 0.15) is 30.3 Å². The fourth-order valence-corrected chi connectivity index (χ4v) is 5.05. The van der Waals surface area contributed by atoms with E-state index in [1.165, 1.54) is 6.07 Å². The third kappa shape index (κ3) is 5.64. The lowest BCUT2D eigenvalue weighted by molar-refractivity contribution is 0.0519. The number of carbonyl (C=O) groups is 1. The fourth-order valence-electron chi connectivity index (χ4n) is 4.55. The van der Waals surface area contributed by atoms with E-state index in [2.05, 4.69) is 20.3 Å². The minimum absolute atomic E-state index is 0.0361. The van der Waals surface area contributed by atoms with Crippen LogP contribution < -0.4 is 21.2 Å². The number of anilines is 4. The summed E-state index contributed by atoms with van der Waals surface area (Å²) in [7, 11) is 0. The smallest absolute Gasteiger partial charge is 0.358 e. The van der Waals surface area contributed by atoms with Crippen LogP contribution >= 0.6 is 23.2 Å². The second-order valence-corrected chi connectivity index (χ2v) is 9.80. The summed E-state index contributed by atoms with van der Waals surface area (Å²) in [5.41, 5.74) is 7.71. The fraction of sp³-hybridized carbons (Fsp3) is 0.280. The summed E-state index contributed by atoms with van der Waals surface area (Å²) >= 11 is 12.6. The largest absolute Gasteiger partial charge is 0.733 e. The number of nitrogens with one attached hydrogen (secondary N) is 1. The summed E-state index contributed by atoms with van der Waals surface area (Å²) < 4.78 is 6.76. The highest BCUT2D eigenvalue weighted by molar-refractivity contribution is 6.36. The number of nitrogens with two attached hydrogens (primary N) is 1. The number of carbonyl (C=O) groups excluding carboxylic acids is 1. The lowest BCUT2D eigenvalue weighted by atomic mass is 10.1. The summed E-state index contributed by atoms with van der Waals surface area (Å²) in [4.78, 5) is 23.7. The molecule has 12 nitrogen and oxygen atoms in total. The lowest BCUT2D eigenvalue weighted by Gasteiger charge is -2.34. The first kappa shape index (κ1) is 26.8. The van der Waals surface area contributed by atoms with Crippen LogP contribution in [0.4, 0.5) is 23.1 Å². The first-order valence-electron chi connectivity index (χ1n) is 12.2. The molecule has 1 saturated heterocycles. The zero-order chi connectivity index (χ0) is 27.7. The number of esters is 1. The van der Waals surface area contributed by atoms with Gasteiger partial charge in [-0.15, -0.1) is 0 Å². The number of nitrogens with zero attached hydrogens (tertiary/aromatic N) is 6. The van der Waals surface area contributed by atoms with E-state index in [1.54, 1.807) is 48.0 Å². The van der Waals surface area contributed by atoms with Crippen LogP contribution in [-0.2, 0) is 4.74 Å². The Balaban J connectivity index is 1.50. The van der Waals surface area contributed by atoms with Crippen molar-refractivity contribution in [1.29, 1.82) is 0 Å². The predicted molar refractivity (Wildman–Crippen MR) is 150 cm³/mol. The number of nitrogen functional groups attached to an aromatic ring is 1. The van der Waals surface area contributed by atoms with Gasteiger partial charge in [-0.25, -0.2) is 19.3 Å². The Morgan fingerprint density at radius 3 is 2.82 bits per heavy atom. The summed E-state index contributed by atoms with van der Waals surface area (Å²) in [5.74, 6) is 0.478. The van der Waals surface area contributed by atoms with E-state index in [1.807, 2.05) is 0 Å². The van der Waals surface area contributed by atoms with Gasteiger partial charge in [-0.05, 0) is 50.1 Å². The van der Waals surface area contributed by atoms with Crippen molar-refractivity contribution in [3.05, 3.63) is 63.5 Å². The van der Waals surface area contributed by atoms with Crippen LogP contribution in [0.3, 0.4) is 0 Å². The minimum atomic E-state index is -0.525. The number of hydrogen-bond donors (Lipinski definition) is 3. The first-order chi connectivity index (χ1) is 18.7. The van der Waals surface area contributed by atoms with Gasteiger partial charge in [-0.1, -0.05) is 23.2 Å². The van der Waals surface area contributed by atoms with Crippen LogP contribution in [-0.4, -0.2) is 56.5 Å². The molecule has 1 fully saturated rings. The van der Waals surface area contributed by atoms with Gasteiger partial charge in [0.1, 0.15) is 11.3 Å². The highest BCUT2D eigenvalue weighted by atomic mass is 35.5. The van der Waals surface area contributed by atoms with Crippen molar-refractivity contribution in [2.24, 2.45) is 0 Å². The molecule has 4 N–H and O–H groups in total. The minimum Gasteiger partial charge on any atom is -0.733 e. The molecule has 204 valence electrons. The van der Waals surface area contributed by atoms with Crippen LogP contribution in [0.15, 0.2) is 42.6 Å². The van der Waals surface area contributed by atoms with E-state index in [4.69, 9.17) is 43.9 Å². The molecule has 0 amide bonds. The molecule has 4 aromatic rings. The molecule has 1 unspecified atom stereocenters. The number of hydrogen-bond acceptors (Lipinski definition) is 11. The van der Waals surface area contributed by atoms with E-state index < -0.39 is 5.97 Å². The van der Waals surface area contributed by atoms with Gasteiger partial charge in [0, 0.05) is 35.8 Å². The van der Waals surface area contributed by atoms with Gasteiger partial charge in [0.2, 0.25) is 0 Å². The highest BCUT2D eigenvalue weighted by Crippen LogP contribution is 2.33. The first-order valence-corrected chi connectivity index (χ1v) is 13.0. The summed E-state index contributed by atoms with van der Waals surface area (Å²) in [6, 6.07) is 9.76. The normalized spacial score (nSPS) is 15.4. The molecule has 14 heteroatoms. The van der Waals surface area contributed by atoms with Crippen molar-refractivity contribution in [1.82, 2.24) is 19.6 Å². The number of rotatable bonds is 7. The number of halogens is 2. The highest BCUT2D eigenvalue weighted by Gasteiger charge is 2.26. The van der Waals surface area contributed by atoms with Gasteiger partial charge in [0.25, 0.3) is 0 Å². The molecule has 1 aliphatic heterocycles. The van der Waals surface area contributed by atoms with Crippen molar-refractivity contribution < 1.29 is 14.7 Å². The Morgan fingerprint density at radius 2 is 2.10 bits per heavy atom. The van der Waals surface area contributed by atoms with Crippen LogP contribution in [0, 0.1) is 5.21 Å². The number of pyridine rings is 1. The molecule has 3 aromatic heterocycles. The van der Waals surface area contributed by atoms with Crippen LogP contribution in [0.25, 0.3) is 16.8 Å². The van der Waals surface area contributed by atoms with E-state index in [0.717, 1.165) is 12.8 Å². The van der Waals surface area contributed by atoms with Crippen LogP contribution in [0.2, 0.25) is 10.0 Å². The second-order valence-electron chi connectivity index (χ2n) is 8.96. The molecule has 4 heterocycles. The third-order valence-corrected chi connectivity index (χ3v) is 6.86. The standard InChI is InChI=1S/C25H25Cl2N8O4/c1-2-39-25(36)18-11-21-24(30-19(13-34(21)32-18)16-6-5-14(26)10-17(16)27)33-9-3-4-15(12-33)29-22-8-7-20(35(37)38)23(28)31-22/h5-8,10-11,13,15,37H,2-4,9,12H2,1H3,(H3,28,29,31)/q-1. The average Bonchev–Trinajstić information content (AvgIpc) is 3.33. The van der Waals surface area contributed by atoms with Crippen molar-refractivity contribution >= 4 is 57.8 Å². The topological polar surface area (TPSA) is 157 Å². The molecule has 5 rings (SSSR count). The maximum Gasteiger partial charge on any atom is 0.358 e. The van der Waals surface area contributed by atoms with Gasteiger partial charge in [-0.3, -0.25) is 5.21 Å². The van der Waals surface area contributed by atoms with Crippen molar-refractivity contribution in [2.75, 3.05) is 40.9 Å². The summed E-state index contributed by atoms with van der Waals surface area (Å²) in [5, 5.41) is 28.7. The molecule has 39 heavy (non-hydrogen) atoms. The van der Waals surface area contributed by atoms with E-state index in [9.17, 15) is 10.0 Å². The Kier molecular flexibility index (Phi) is 7.62. The number of benzene rings is 1. The quantitative estimate of drug-likeness (QED) is 0.209.